The predicted molar refractivity (Wildman–Crippen MR) is 62.5 cm³/mol. The maximum absolute atomic E-state index is 6.21. The summed E-state index contributed by atoms with van der Waals surface area (Å²) in [6.07, 6.45) is 9.11. The van der Waals surface area contributed by atoms with Crippen LogP contribution in [0.3, 0.4) is 0 Å². The van der Waals surface area contributed by atoms with Crippen molar-refractivity contribution in [3.05, 3.63) is 41.2 Å². The average Bonchev–Trinajstić information content (AvgIpc) is 2.30. The molecule has 0 aliphatic heterocycles. The number of allylic oxidation sites excluding steroid dienone is 1. The van der Waals surface area contributed by atoms with Crippen LogP contribution in [0.2, 0.25) is 0 Å². The largest absolute Gasteiger partial charge is 0.320 e. The highest BCUT2D eigenvalue weighted by molar-refractivity contribution is 5.27. The van der Waals surface area contributed by atoms with Gasteiger partial charge in [0.05, 0.1) is 6.04 Å². The maximum Gasteiger partial charge on any atom is 0.0526 e. The van der Waals surface area contributed by atoms with Crippen LogP contribution in [0.1, 0.15) is 43.0 Å². The quantitative estimate of drug-likeness (QED) is 0.749. The lowest BCUT2D eigenvalue weighted by molar-refractivity contribution is 0.647. The van der Waals surface area contributed by atoms with E-state index < -0.39 is 0 Å². The molecule has 0 aromatic carbocycles. The van der Waals surface area contributed by atoms with E-state index in [1.165, 1.54) is 24.8 Å². The number of hydrogen-bond acceptors (Lipinski definition) is 2. The number of nitrogens with zero attached hydrogens (tertiary/aromatic N) is 1. The van der Waals surface area contributed by atoms with E-state index in [0.717, 1.165) is 17.7 Å². The first kappa shape index (κ1) is 10.4. The standard InChI is InChI=1S/C13H18N2/c1-10-7-8-12(9-15-10)13(14)11-5-3-2-4-6-11/h5,7-9,13H,2-4,6,14H2,1H3. The van der Waals surface area contributed by atoms with Gasteiger partial charge in [-0.3, -0.25) is 4.98 Å². The van der Waals surface area contributed by atoms with Crippen molar-refractivity contribution in [3.8, 4) is 0 Å². The predicted octanol–water partition coefficient (Wildman–Crippen LogP) is 2.89. The van der Waals surface area contributed by atoms with Crippen LogP contribution in [0.25, 0.3) is 0 Å². The molecule has 2 heteroatoms. The Hall–Kier alpha value is -1.15. The molecule has 0 bridgehead atoms. The van der Waals surface area contributed by atoms with Gasteiger partial charge in [0.2, 0.25) is 0 Å². The molecule has 1 aromatic heterocycles. The Kier molecular flexibility index (Phi) is 3.17. The van der Waals surface area contributed by atoms with Crippen molar-refractivity contribution >= 4 is 0 Å². The van der Waals surface area contributed by atoms with Crippen molar-refractivity contribution in [2.45, 2.75) is 38.6 Å². The van der Waals surface area contributed by atoms with Gasteiger partial charge in [-0.15, -0.1) is 0 Å². The topological polar surface area (TPSA) is 38.9 Å². The van der Waals surface area contributed by atoms with Crippen molar-refractivity contribution in [1.82, 2.24) is 4.98 Å². The van der Waals surface area contributed by atoms with Gasteiger partial charge in [0.25, 0.3) is 0 Å². The number of aromatic nitrogens is 1. The molecule has 0 amide bonds. The van der Waals surface area contributed by atoms with Crippen molar-refractivity contribution in [2.24, 2.45) is 5.73 Å². The molecule has 1 aliphatic rings. The van der Waals surface area contributed by atoms with E-state index in [9.17, 15) is 0 Å². The average molecular weight is 202 g/mol. The number of pyridine rings is 1. The van der Waals surface area contributed by atoms with Gasteiger partial charge in [0.15, 0.2) is 0 Å². The first-order valence-electron chi connectivity index (χ1n) is 5.64. The zero-order valence-corrected chi connectivity index (χ0v) is 9.24. The molecular weight excluding hydrogens is 184 g/mol. The van der Waals surface area contributed by atoms with Gasteiger partial charge in [0, 0.05) is 11.9 Å². The molecule has 1 heterocycles. The lowest BCUT2D eigenvalue weighted by atomic mass is 9.91. The minimum Gasteiger partial charge on any atom is -0.320 e. The zero-order valence-electron chi connectivity index (χ0n) is 9.24. The number of rotatable bonds is 2. The Morgan fingerprint density at radius 3 is 2.80 bits per heavy atom. The highest BCUT2D eigenvalue weighted by atomic mass is 14.7. The Labute approximate surface area is 91.2 Å². The maximum atomic E-state index is 6.21. The summed E-state index contributed by atoms with van der Waals surface area (Å²) >= 11 is 0. The van der Waals surface area contributed by atoms with Crippen molar-refractivity contribution in [2.75, 3.05) is 0 Å². The van der Waals surface area contributed by atoms with E-state index in [-0.39, 0.29) is 6.04 Å². The number of hydrogen-bond donors (Lipinski definition) is 1. The smallest absolute Gasteiger partial charge is 0.0526 e. The molecule has 0 radical (unpaired) electrons. The van der Waals surface area contributed by atoms with Crippen LogP contribution in [-0.2, 0) is 0 Å². The summed E-state index contributed by atoms with van der Waals surface area (Å²) in [5, 5.41) is 0. The second-order valence-corrected chi connectivity index (χ2v) is 4.24. The lowest BCUT2D eigenvalue weighted by Crippen LogP contribution is -2.15. The van der Waals surface area contributed by atoms with Crippen LogP contribution in [0.5, 0.6) is 0 Å². The Balaban J connectivity index is 2.16. The third kappa shape index (κ3) is 2.45. The fourth-order valence-corrected chi connectivity index (χ4v) is 2.02. The minimum absolute atomic E-state index is 0.0541. The summed E-state index contributed by atoms with van der Waals surface area (Å²) in [6.45, 7) is 2.00. The first-order chi connectivity index (χ1) is 7.27. The van der Waals surface area contributed by atoms with Gasteiger partial charge in [-0.05, 0) is 44.2 Å². The minimum atomic E-state index is 0.0541. The fourth-order valence-electron chi connectivity index (χ4n) is 2.02. The van der Waals surface area contributed by atoms with Gasteiger partial charge in [0.1, 0.15) is 0 Å². The van der Waals surface area contributed by atoms with Gasteiger partial charge in [-0.1, -0.05) is 17.7 Å². The normalized spacial score (nSPS) is 18.4. The number of nitrogens with two attached hydrogens (primary N) is 1. The molecule has 2 N–H and O–H groups in total. The van der Waals surface area contributed by atoms with E-state index >= 15 is 0 Å². The van der Waals surface area contributed by atoms with Crippen LogP contribution in [0.15, 0.2) is 30.0 Å². The molecule has 1 aliphatic carbocycles. The highest BCUT2D eigenvalue weighted by Crippen LogP contribution is 2.27. The summed E-state index contributed by atoms with van der Waals surface area (Å²) in [5.41, 5.74) is 9.77. The van der Waals surface area contributed by atoms with Gasteiger partial charge in [-0.25, -0.2) is 0 Å². The van der Waals surface area contributed by atoms with E-state index in [4.69, 9.17) is 5.73 Å². The Bertz CT molecular complexity index is 351. The fraction of sp³-hybridized carbons (Fsp3) is 0.462. The van der Waals surface area contributed by atoms with Gasteiger partial charge < -0.3 is 5.73 Å². The molecule has 1 atom stereocenters. The zero-order chi connectivity index (χ0) is 10.7. The molecular formula is C13H18N2. The third-order valence-corrected chi connectivity index (χ3v) is 3.02. The highest BCUT2D eigenvalue weighted by Gasteiger charge is 2.13. The number of aryl methyl sites for hydroxylation is 1. The third-order valence-electron chi connectivity index (χ3n) is 3.02. The van der Waals surface area contributed by atoms with Crippen LogP contribution in [0, 0.1) is 6.92 Å². The summed E-state index contributed by atoms with van der Waals surface area (Å²) in [6, 6.07) is 4.17. The Morgan fingerprint density at radius 2 is 2.20 bits per heavy atom. The molecule has 1 aromatic rings. The lowest BCUT2D eigenvalue weighted by Gasteiger charge is -2.19. The van der Waals surface area contributed by atoms with E-state index in [0.29, 0.717) is 0 Å². The van der Waals surface area contributed by atoms with E-state index in [1.807, 2.05) is 19.2 Å². The van der Waals surface area contributed by atoms with Crippen molar-refractivity contribution in [1.29, 1.82) is 0 Å². The molecule has 0 saturated heterocycles. The molecule has 1 unspecified atom stereocenters. The van der Waals surface area contributed by atoms with Crippen LogP contribution in [0.4, 0.5) is 0 Å². The molecule has 80 valence electrons. The second-order valence-electron chi connectivity index (χ2n) is 4.24. The van der Waals surface area contributed by atoms with E-state index in [2.05, 4.69) is 17.1 Å². The molecule has 0 fully saturated rings. The molecule has 2 rings (SSSR count). The van der Waals surface area contributed by atoms with Gasteiger partial charge in [-0.2, -0.15) is 0 Å². The molecule has 0 spiro atoms. The second kappa shape index (κ2) is 4.58. The van der Waals surface area contributed by atoms with E-state index in [1.54, 1.807) is 0 Å². The summed E-state index contributed by atoms with van der Waals surface area (Å²) in [4.78, 5) is 4.29. The summed E-state index contributed by atoms with van der Waals surface area (Å²) < 4.78 is 0. The first-order valence-corrected chi connectivity index (χ1v) is 5.64. The van der Waals surface area contributed by atoms with Crippen LogP contribution < -0.4 is 5.73 Å². The molecule has 0 saturated carbocycles. The van der Waals surface area contributed by atoms with Crippen molar-refractivity contribution < 1.29 is 0 Å². The SMILES string of the molecule is Cc1ccc(C(N)C2=CCCCC2)cn1. The molecule has 2 nitrogen and oxygen atoms in total. The Morgan fingerprint density at radius 1 is 1.33 bits per heavy atom. The summed E-state index contributed by atoms with van der Waals surface area (Å²) in [7, 11) is 0. The summed E-state index contributed by atoms with van der Waals surface area (Å²) in [5.74, 6) is 0. The molecule has 15 heavy (non-hydrogen) atoms. The van der Waals surface area contributed by atoms with Crippen molar-refractivity contribution in [3.63, 3.8) is 0 Å². The monoisotopic (exact) mass is 202 g/mol. The van der Waals surface area contributed by atoms with Crippen LogP contribution >= 0.6 is 0 Å². The van der Waals surface area contributed by atoms with Crippen LogP contribution in [-0.4, -0.2) is 4.98 Å². The van der Waals surface area contributed by atoms with Gasteiger partial charge >= 0.3 is 0 Å².